The number of methoxy groups -OCH3 is 2. The highest BCUT2D eigenvalue weighted by molar-refractivity contribution is 7.99. The molecule has 17 heavy (non-hydrogen) atoms. The number of rotatable bonds is 7. The number of benzene rings is 1. The summed E-state index contributed by atoms with van der Waals surface area (Å²) in [6.07, 6.45) is -1.41. The van der Waals surface area contributed by atoms with Gasteiger partial charge in [-0.3, -0.25) is 0 Å². The molecule has 1 aromatic carbocycles. The maximum Gasteiger partial charge on any atom is 0.132 e. The van der Waals surface area contributed by atoms with E-state index in [4.69, 9.17) is 20.7 Å². The van der Waals surface area contributed by atoms with Crippen LogP contribution in [0.5, 0.6) is 11.5 Å². The van der Waals surface area contributed by atoms with E-state index in [1.165, 1.54) is 20.3 Å². The zero-order chi connectivity index (χ0) is 16.3. The number of ether oxygens (including phenoxy) is 2. The Balaban J connectivity index is 3.40. The van der Waals surface area contributed by atoms with Crippen LogP contribution in [0.4, 0.5) is 0 Å². The van der Waals surface area contributed by atoms with Crippen LogP contribution in [0.2, 0.25) is 0 Å². The minimum atomic E-state index is -2.54. The van der Waals surface area contributed by atoms with E-state index in [0.29, 0.717) is 5.75 Å². The normalized spacial score (nSPS) is 15.5. The van der Waals surface area contributed by atoms with Gasteiger partial charge >= 0.3 is 0 Å². The van der Waals surface area contributed by atoms with Gasteiger partial charge in [-0.05, 0) is 42.7 Å². The molecule has 0 saturated heterocycles. The van der Waals surface area contributed by atoms with Crippen molar-refractivity contribution in [3.8, 4) is 11.5 Å². The van der Waals surface area contributed by atoms with Gasteiger partial charge in [0.25, 0.3) is 0 Å². The highest BCUT2D eigenvalue weighted by Crippen LogP contribution is 2.36. The van der Waals surface area contributed by atoms with Gasteiger partial charge in [0.05, 0.1) is 19.1 Å². The Morgan fingerprint density at radius 3 is 2.53 bits per heavy atom. The van der Waals surface area contributed by atoms with Gasteiger partial charge in [0.1, 0.15) is 11.5 Å². The number of nitrogens with two attached hydrogens (primary N) is 1. The lowest BCUT2D eigenvalue weighted by Crippen LogP contribution is -2.05. The monoisotopic (exact) mass is 259 g/mol. The Bertz CT molecular complexity index is 492. The maximum atomic E-state index is 7.97. The summed E-state index contributed by atoms with van der Waals surface area (Å²) in [6, 6.07) is 3.12. The minimum Gasteiger partial charge on any atom is -0.496 e. The second kappa shape index (κ2) is 7.45. The molecule has 4 heteroatoms. The zero-order valence-corrected chi connectivity index (χ0v) is 11.2. The lowest BCUT2D eigenvalue weighted by atomic mass is 10.1. The van der Waals surface area contributed by atoms with Crippen LogP contribution in [-0.4, -0.2) is 26.5 Å². The van der Waals surface area contributed by atoms with Crippen LogP contribution in [-0.2, 0) is 6.37 Å². The molecule has 0 aliphatic rings. The van der Waals surface area contributed by atoms with Gasteiger partial charge < -0.3 is 15.2 Å². The van der Waals surface area contributed by atoms with Crippen LogP contribution < -0.4 is 15.2 Å². The molecule has 96 valence electrons. The summed E-state index contributed by atoms with van der Waals surface area (Å²) in [5, 5.41) is 0. The molecular weight excluding hydrogens is 234 g/mol. The van der Waals surface area contributed by atoms with Crippen molar-refractivity contribution < 1.29 is 15.0 Å². The van der Waals surface area contributed by atoms with Gasteiger partial charge in [-0.1, -0.05) is 6.92 Å². The van der Waals surface area contributed by atoms with Crippen LogP contribution in [0, 0.1) is 0 Å². The molecule has 3 nitrogen and oxygen atoms in total. The smallest absolute Gasteiger partial charge is 0.132 e. The van der Waals surface area contributed by atoms with Crippen LogP contribution >= 0.6 is 11.8 Å². The topological polar surface area (TPSA) is 44.5 Å². The predicted molar refractivity (Wildman–Crippen MR) is 73.3 cm³/mol. The fourth-order valence-electron chi connectivity index (χ4n) is 1.37. The summed E-state index contributed by atoms with van der Waals surface area (Å²) in [4.78, 5) is 0.827. The summed E-state index contributed by atoms with van der Waals surface area (Å²) in [5.74, 6) is 1.63. The van der Waals surface area contributed by atoms with Gasteiger partial charge in [-0.25, -0.2) is 0 Å². The van der Waals surface area contributed by atoms with E-state index in [1.807, 2.05) is 0 Å². The Hall–Kier alpha value is -0.870. The predicted octanol–water partition coefficient (Wildman–Crippen LogP) is 2.71. The molecule has 0 amide bonds. The molecule has 0 aliphatic heterocycles. The molecule has 2 N–H and O–H groups in total. The molecule has 0 bridgehead atoms. The first-order chi connectivity index (χ1) is 9.68. The van der Waals surface area contributed by atoms with Gasteiger partial charge in [0.2, 0.25) is 0 Å². The molecule has 0 heterocycles. The van der Waals surface area contributed by atoms with E-state index in [0.717, 1.165) is 17.1 Å². The molecule has 0 saturated carbocycles. The van der Waals surface area contributed by atoms with E-state index in [9.17, 15) is 0 Å². The van der Waals surface area contributed by atoms with Crippen molar-refractivity contribution in [3.63, 3.8) is 0 Å². The van der Waals surface area contributed by atoms with Gasteiger partial charge in [0, 0.05) is 5.48 Å². The first-order valence-corrected chi connectivity index (χ1v) is 6.35. The zero-order valence-electron chi connectivity index (χ0n) is 14.4. The van der Waals surface area contributed by atoms with Crippen LogP contribution in [0.15, 0.2) is 17.0 Å². The Morgan fingerprint density at radius 1 is 1.29 bits per heavy atom. The maximum absolute atomic E-state index is 7.97. The number of hydrogen-bond donors (Lipinski definition) is 1. The average Bonchev–Trinajstić information content (AvgIpc) is 2.42. The van der Waals surface area contributed by atoms with E-state index < -0.39 is 12.9 Å². The summed E-state index contributed by atoms with van der Waals surface area (Å²) in [5.41, 5.74) is 5.37. The SMILES string of the molecule is [2H]C([2H])(N)C([2H])([2H])c1cc(OC)c(SCCC)cc1OC. The third-order valence-electron chi connectivity index (χ3n) is 2.15. The molecule has 1 rings (SSSR count). The van der Waals surface area contributed by atoms with E-state index >= 15 is 0 Å². The fraction of sp³-hybridized carbons (Fsp3) is 0.538. The molecule has 0 aliphatic carbocycles. The Labute approximate surface area is 113 Å². The molecule has 0 fully saturated rings. The summed E-state index contributed by atoms with van der Waals surface area (Å²) in [6.45, 7) is -0.476. The Kier molecular flexibility index (Phi) is 4.00. The van der Waals surface area contributed by atoms with Gasteiger partial charge in [-0.2, -0.15) is 0 Å². The van der Waals surface area contributed by atoms with Crippen molar-refractivity contribution in [1.82, 2.24) is 0 Å². The summed E-state index contributed by atoms with van der Waals surface area (Å²) < 4.78 is 41.4. The van der Waals surface area contributed by atoms with E-state index in [-0.39, 0.29) is 11.3 Å². The van der Waals surface area contributed by atoms with Crippen molar-refractivity contribution in [1.29, 1.82) is 0 Å². The number of aryl methyl sites for hydroxylation is 1. The third kappa shape index (κ3) is 3.82. The molecule has 0 spiro atoms. The quantitative estimate of drug-likeness (QED) is 0.765. The lowest BCUT2D eigenvalue weighted by Gasteiger charge is -2.14. The fourth-order valence-corrected chi connectivity index (χ4v) is 2.27. The van der Waals surface area contributed by atoms with Crippen LogP contribution in [0.25, 0.3) is 0 Å². The van der Waals surface area contributed by atoms with Gasteiger partial charge in [0.15, 0.2) is 0 Å². The average molecular weight is 259 g/mol. The number of hydrogen-bond acceptors (Lipinski definition) is 4. The molecular formula is C13H21NO2S. The van der Waals surface area contributed by atoms with Crippen LogP contribution in [0.3, 0.4) is 0 Å². The first-order valence-electron chi connectivity index (χ1n) is 7.37. The molecule has 0 unspecified atom stereocenters. The number of thioether (sulfide) groups is 1. The second-order valence-corrected chi connectivity index (χ2v) is 4.46. The minimum absolute atomic E-state index is 0.0372. The molecule has 1 aromatic rings. The summed E-state index contributed by atoms with van der Waals surface area (Å²) in [7, 11) is 2.91. The van der Waals surface area contributed by atoms with E-state index in [2.05, 4.69) is 6.92 Å². The largest absolute Gasteiger partial charge is 0.496 e. The van der Waals surface area contributed by atoms with Crippen LogP contribution in [0.1, 0.15) is 24.4 Å². The third-order valence-corrected chi connectivity index (χ3v) is 3.40. The van der Waals surface area contributed by atoms with Crippen molar-refractivity contribution in [3.05, 3.63) is 17.7 Å². The highest BCUT2D eigenvalue weighted by Gasteiger charge is 2.10. The lowest BCUT2D eigenvalue weighted by molar-refractivity contribution is 0.390. The highest BCUT2D eigenvalue weighted by atomic mass is 32.2. The van der Waals surface area contributed by atoms with E-state index in [1.54, 1.807) is 17.8 Å². The molecule has 0 atom stereocenters. The Morgan fingerprint density at radius 2 is 2.00 bits per heavy atom. The second-order valence-electron chi connectivity index (χ2n) is 3.32. The standard InChI is InChI=1S/C13H21NO2S/c1-4-7-17-13-9-11(15-2)10(5-6-14)8-12(13)16-3/h8-9H,4-7,14H2,1-3H3/i5D2,6D2. The summed E-state index contributed by atoms with van der Waals surface area (Å²) >= 11 is 1.58. The molecule has 0 radical (unpaired) electrons. The van der Waals surface area contributed by atoms with Crippen molar-refractivity contribution in [2.45, 2.75) is 24.6 Å². The van der Waals surface area contributed by atoms with Crippen molar-refractivity contribution in [2.24, 2.45) is 5.73 Å². The van der Waals surface area contributed by atoms with Crippen molar-refractivity contribution >= 4 is 11.8 Å². The van der Waals surface area contributed by atoms with Crippen molar-refractivity contribution in [2.75, 3.05) is 26.5 Å². The van der Waals surface area contributed by atoms with Gasteiger partial charge in [-0.15, -0.1) is 11.8 Å². The molecule has 0 aromatic heterocycles. The first kappa shape index (κ1) is 9.11.